The van der Waals surface area contributed by atoms with Crippen LogP contribution in [0.5, 0.6) is 0 Å². The van der Waals surface area contributed by atoms with Gasteiger partial charge in [0.1, 0.15) is 5.82 Å². The second kappa shape index (κ2) is 2.83. The lowest BCUT2D eigenvalue weighted by Crippen LogP contribution is -1.80. The topological polar surface area (TPSA) is 15.8 Å². The molecular weight excluding hydrogens is 189 g/mol. The van der Waals surface area contributed by atoms with Gasteiger partial charge in [0.05, 0.1) is 5.52 Å². The quantitative estimate of drug-likeness (QED) is 0.567. The van der Waals surface area contributed by atoms with Gasteiger partial charge in [-0.25, -0.2) is 4.39 Å². The number of aromatic amines is 1. The van der Waals surface area contributed by atoms with E-state index in [-0.39, 0.29) is 5.82 Å². The summed E-state index contributed by atoms with van der Waals surface area (Å²) >= 11 is 0. The highest BCUT2D eigenvalue weighted by atomic mass is 19.1. The molecule has 1 aromatic heterocycles. The Balaban J connectivity index is 2.66. The minimum Gasteiger partial charge on any atom is -0.352 e. The predicted molar refractivity (Wildman–Crippen MR) is 60.5 cm³/mol. The molecule has 0 aliphatic carbocycles. The number of aryl methyl sites for hydroxylation is 1. The molecule has 3 aromatic rings. The molecule has 2 heteroatoms. The number of rotatable bonds is 0. The monoisotopic (exact) mass is 199 g/mol. The summed E-state index contributed by atoms with van der Waals surface area (Å²) in [6.45, 7) is 2.00. The summed E-state index contributed by atoms with van der Waals surface area (Å²) in [5.74, 6) is -0.188. The van der Waals surface area contributed by atoms with Gasteiger partial charge in [0, 0.05) is 16.3 Å². The molecule has 0 bridgehead atoms. The van der Waals surface area contributed by atoms with E-state index in [1.54, 1.807) is 0 Å². The minimum atomic E-state index is -0.188. The van der Waals surface area contributed by atoms with Gasteiger partial charge in [-0.2, -0.15) is 0 Å². The highest BCUT2D eigenvalue weighted by Crippen LogP contribution is 2.29. The Morgan fingerprint density at radius 3 is 2.73 bits per heavy atom. The van der Waals surface area contributed by atoms with E-state index in [2.05, 4.69) is 4.98 Å². The van der Waals surface area contributed by atoms with Crippen molar-refractivity contribution in [3.63, 3.8) is 0 Å². The maximum atomic E-state index is 13.6. The summed E-state index contributed by atoms with van der Waals surface area (Å²) in [5, 5.41) is 2.08. The van der Waals surface area contributed by atoms with Crippen LogP contribution in [0.15, 0.2) is 36.4 Å². The third-order valence-corrected chi connectivity index (χ3v) is 2.82. The molecular formula is C13H10FN. The van der Waals surface area contributed by atoms with E-state index in [0.29, 0.717) is 5.52 Å². The summed E-state index contributed by atoms with van der Waals surface area (Å²) in [5.41, 5.74) is 2.70. The first-order valence-electron chi connectivity index (χ1n) is 4.93. The van der Waals surface area contributed by atoms with Gasteiger partial charge >= 0.3 is 0 Å². The number of hydrogen-bond donors (Lipinski definition) is 1. The van der Waals surface area contributed by atoms with Crippen LogP contribution < -0.4 is 0 Å². The van der Waals surface area contributed by atoms with E-state index < -0.39 is 0 Å². The van der Waals surface area contributed by atoms with Crippen LogP contribution in [0.1, 0.15) is 5.56 Å². The number of nitrogens with one attached hydrogen (secondary N) is 1. The molecule has 74 valence electrons. The molecule has 0 saturated carbocycles. The molecule has 1 nitrogen and oxygen atoms in total. The fourth-order valence-electron chi connectivity index (χ4n) is 2.10. The first kappa shape index (κ1) is 8.48. The molecule has 3 rings (SSSR count). The van der Waals surface area contributed by atoms with Crippen molar-refractivity contribution in [2.75, 3.05) is 0 Å². The van der Waals surface area contributed by atoms with E-state index in [0.717, 1.165) is 21.9 Å². The van der Waals surface area contributed by atoms with Gasteiger partial charge in [0.2, 0.25) is 0 Å². The van der Waals surface area contributed by atoms with Crippen molar-refractivity contribution < 1.29 is 4.39 Å². The second-order valence-corrected chi connectivity index (χ2v) is 3.78. The Hall–Kier alpha value is -1.83. The first-order chi connectivity index (χ1) is 7.27. The molecule has 0 radical (unpaired) electrons. The predicted octanol–water partition coefficient (Wildman–Crippen LogP) is 3.77. The Kier molecular flexibility index (Phi) is 1.60. The maximum absolute atomic E-state index is 13.6. The summed E-state index contributed by atoms with van der Waals surface area (Å²) in [6, 6.07) is 11.2. The average Bonchev–Trinajstić information content (AvgIpc) is 2.64. The van der Waals surface area contributed by atoms with Gasteiger partial charge in [-0.05, 0) is 24.6 Å². The van der Waals surface area contributed by atoms with Gasteiger partial charge < -0.3 is 4.98 Å². The summed E-state index contributed by atoms with van der Waals surface area (Å²) < 4.78 is 13.6. The average molecular weight is 199 g/mol. The van der Waals surface area contributed by atoms with Crippen molar-refractivity contribution in [3.8, 4) is 0 Å². The van der Waals surface area contributed by atoms with Crippen molar-refractivity contribution >= 4 is 21.8 Å². The van der Waals surface area contributed by atoms with Crippen LogP contribution in [0, 0.1) is 12.7 Å². The van der Waals surface area contributed by atoms with Crippen molar-refractivity contribution in [2.24, 2.45) is 0 Å². The zero-order valence-electron chi connectivity index (χ0n) is 8.34. The van der Waals surface area contributed by atoms with Crippen LogP contribution in [-0.2, 0) is 0 Å². The lowest BCUT2D eigenvalue weighted by Gasteiger charge is -1.97. The molecule has 0 amide bonds. The van der Waals surface area contributed by atoms with E-state index in [9.17, 15) is 4.39 Å². The number of fused-ring (bicyclic) bond motifs is 3. The van der Waals surface area contributed by atoms with Gasteiger partial charge in [0.25, 0.3) is 0 Å². The second-order valence-electron chi connectivity index (χ2n) is 3.78. The molecule has 0 aliphatic heterocycles. The van der Waals surface area contributed by atoms with E-state index in [1.165, 1.54) is 6.07 Å². The number of H-pyrrole nitrogens is 1. The van der Waals surface area contributed by atoms with Crippen LogP contribution in [-0.4, -0.2) is 4.98 Å². The lowest BCUT2D eigenvalue weighted by atomic mass is 10.1. The Bertz CT molecular complexity index is 652. The molecule has 0 unspecified atom stereocenters. The number of aromatic nitrogens is 1. The minimum absolute atomic E-state index is 0.188. The SMILES string of the molecule is Cc1ccc(F)c2[nH]c3ccccc3c12. The fourth-order valence-corrected chi connectivity index (χ4v) is 2.10. The van der Waals surface area contributed by atoms with Gasteiger partial charge in [-0.1, -0.05) is 24.3 Å². The Morgan fingerprint density at radius 1 is 1.07 bits per heavy atom. The summed E-state index contributed by atoms with van der Waals surface area (Å²) in [4.78, 5) is 3.11. The standard InChI is InChI=1S/C13H10FN/c1-8-6-7-10(14)13-12(8)9-4-2-3-5-11(9)15-13/h2-7,15H,1H3. The third kappa shape index (κ3) is 1.08. The van der Waals surface area contributed by atoms with Crippen LogP contribution in [0.25, 0.3) is 21.8 Å². The number of para-hydroxylation sites is 1. The highest BCUT2D eigenvalue weighted by molar-refractivity contribution is 6.08. The Morgan fingerprint density at radius 2 is 1.87 bits per heavy atom. The molecule has 0 saturated heterocycles. The van der Waals surface area contributed by atoms with Crippen molar-refractivity contribution in [3.05, 3.63) is 47.8 Å². The van der Waals surface area contributed by atoms with E-state index in [4.69, 9.17) is 0 Å². The smallest absolute Gasteiger partial charge is 0.147 e. The lowest BCUT2D eigenvalue weighted by molar-refractivity contribution is 0.637. The number of halogens is 1. The Labute approximate surface area is 86.5 Å². The zero-order valence-corrected chi connectivity index (χ0v) is 8.34. The molecule has 0 fully saturated rings. The summed E-state index contributed by atoms with van der Waals surface area (Å²) in [6.07, 6.45) is 0. The fraction of sp³-hybridized carbons (Fsp3) is 0.0769. The third-order valence-electron chi connectivity index (χ3n) is 2.82. The van der Waals surface area contributed by atoms with Gasteiger partial charge in [0.15, 0.2) is 0 Å². The van der Waals surface area contributed by atoms with Gasteiger partial charge in [-0.3, -0.25) is 0 Å². The van der Waals surface area contributed by atoms with Crippen molar-refractivity contribution in [1.82, 2.24) is 4.98 Å². The molecule has 1 N–H and O–H groups in total. The number of hydrogen-bond acceptors (Lipinski definition) is 0. The summed E-state index contributed by atoms with van der Waals surface area (Å²) in [7, 11) is 0. The molecule has 0 atom stereocenters. The normalized spacial score (nSPS) is 11.3. The van der Waals surface area contributed by atoms with Crippen LogP contribution in [0.3, 0.4) is 0 Å². The molecule has 0 aliphatic rings. The molecule has 15 heavy (non-hydrogen) atoms. The zero-order chi connectivity index (χ0) is 10.4. The molecule has 2 aromatic carbocycles. The largest absolute Gasteiger partial charge is 0.352 e. The van der Waals surface area contributed by atoms with Crippen LogP contribution in [0.2, 0.25) is 0 Å². The van der Waals surface area contributed by atoms with Crippen molar-refractivity contribution in [1.29, 1.82) is 0 Å². The van der Waals surface area contributed by atoms with E-state index in [1.807, 2.05) is 37.3 Å². The number of benzene rings is 2. The molecule has 0 spiro atoms. The van der Waals surface area contributed by atoms with Crippen LogP contribution in [0.4, 0.5) is 4.39 Å². The molecule has 1 heterocycles. The van der Waals surface area contributed by atoms with Crippen molar-refractivity contribution in [2.45, 2.75) is 6.92 Å². The first-order valence-corrected chi connectivity index (χ1v) is 4.93. The highest BCUT2D eigenvalue weighted by Gasteiger charge is 2.09. The van der Waals surface area contributed by atoms with Crippen LogP contribution >= 0.6 is 0 Å². The maximum Gasteiger partial charge on any atom is 0.147 e. The van der Waals surface area contributed by atoms with Gasteiger partial charge in [-0.15, -0.1) is 0 Å². The van der Waals surface area contributed by atoms with E-state index >= 15 is 0 Å².